The normalized spacial score (nSPS) is 16.2. The predicted molar refractivity (Wildman–Crippen MR) is 280 cm³/mol. The van der Waals surface area contributed by atoms with Crippen LogP contribution in [-0.4, -0.2) is 57.5 Å². The minimum atomic E-state index is -2.94. The van der Waals surface area contributed by atoms with Gasteiger partial charge in [-0.2, -0.15) is 0 Å². The molecular formula is C53H115BF2NO4SW. The van der Waals surface area contributed by atoms with E-state index in [-0.39, 0.29) is 66.8 Å². The maximum Gasteiger partial charge on any atom is 2.00 e. The van der Waals surface area contributed by atoms with Crippen molar-refractivity contribution in [2.24, 2.45) is 40.4 Å². The van der Waals surface area contributed by atoms with Crippen molar-refractivity contribution in [3.8, 4) is 0 Å². The second kappa shape index (κ2) is 40.1. The Balaban J connectivity index is -0.0000000790. The smallest absolute Gasteiger partial charge is 0.370 e. The summed E-state index contributed by atoms with van der Waals surface area (Å²) < 4.78 is 62.4. The van der Waals surface area contributed by atoms with Gasteiger partial charge in [0.05, 0.1) is 28.7 Å². The van der Waals surface area contributed by atoms with Gasteiger partial charge in [-0.1, -0.05) is 157 Å². The van der Waals surface area contributed by atoms with Gasteiger partial charge in [0, 0.05) is 20.4 Å². The molecule has 0 aromatic heterocycles. The largest absolute Gasteiger partial charge is 2.00 e. The Morgan fingerprint density at radius 1 is 0.571 bits per heavy atom. The van der Waals surface area contributed by atoms with Crippen molar-refractivity contribution in [1.29, 1.82) is 0 Å². The molecule has 0 saturated heterocycles. The molecule has 0 aromatic carbocycles. The first-order chi connectivity index (χ1) is 26.1. The Labute approximate surface area is 415 Å². The summed E-state index contributed by atoms with van der Waals surface area (Å²) in [4.78, 5) is 0. The van der Waals surface area contributed by atoms with E-state index in [9.17, 15) is 17.2 Å². The summed E-state index contributed by atoms with van der Waals surface area (Å²) in [6.45, 7) is 56.9. The summed E-state index contributed by atoms with van der Waals surface area (Å²) in [5.41, 5.74) is 0.773. The topological polar surface area (TPSA) is 64.6 Å². The van der Waals surface area contributed by atoms with Crippen LogP contribution in [-0.2, 0) is 40.6 Å². The number of hydrogen-bond donors (Lipinski definition) is 1. The molecule has 0 amide bonds. The third-order valence-electron chi connectivity index (χ3n) is 9.94. The fraction of sp³-hybridized carbons (Fsp3) is 0.925. The van der Waals surface area contributed by atoms with E-state index in [1.165, 1.54) is 33.1 Å². The van der Waals surface area contributed by atoms with Gasteiger partial charge in [0.1, 0.15) is 0 Å². The van der Waals surface area contributed by atoms with Crippen LogP contribution in [0, 0.1) is 55.3 Å². The third kappa shape index (κ3) is 60.2. The number of ether oxygens (including phenoxy) is 2. The fourth-order valence-corrected chi connectivity index (χ4v) is 4.72. The van der Waals surface area contributed by atoms with Crippen molar-refractivity contribution in [3.05, 3.63) is 27.0 Å². The van der Waals surface area contributed by atoms with E-state index >= 15 is 0 Å². The molecule has 0 unspecified atom stereocenters. The average Bonchev–Trinajstić information content (AvgIpc) is 3.88. The number of halogens is 2. The molecule has 10 heteroatoms. The summed E-state index contributed by atoms with van der Waals surface area (Å²) in [7, 11) is -2.94. The van der Waals surface area contributed by atoms with Gasteiger partial charge in [0.25, 0.3) is 5.92 Å². The Morgan fingerprint density at radius 2 is 0.841 bits per heavy atom. The van der Waals surface area contributed by atoms with Crippen molar-refractivity contribution in [1.82, 2.24) is 4.72 Å². The number of nitrogens with one attached hydrogen (secondary N) is 1. The molecule has 1 N–H and O–H groups in total. The maximum absolute atomic E-state index is 12.9. The zero-order valence-corrected chi connectivity index (χ0v) is 51.5. The van der Waals surface area contributed by atoms with E-state index < -0.39 is 21.9 Å². The Bertz CT molecular complexity index is 1060. The van der Waals surface area contributed by atoms with Crippen LogP contribution < -0.4 is 4.72 Å². The summed E-state index contributed by atoms with van der Waals surface area (Å²) in [5, 5.41) is -0.0881. The van der Waals surface area contributed by atoms with Crippen LogP contribution in [0.4, 0.5) is 8.78 Å². The fourth-order valence-electron chi connectivity index (χ4n) is 3.11. The van der Waals surface area contributed by atoms with Gasteiger partial charge in [-0.25, -0.2) is 21.9 Å². The van der Waals surface area contributed by atoms with E-state index in [1.807, 2.05) is 27.7 Å². The van der Waals surface area contributed by atoms with Crippen LogP contribution in [0.15, 0.2) is 12.2 Å². The van der Waals surface area contributed by atoms with Crippen LogP contribution >= 0.6 is 0 Å². The maximum atomic E-state index is 12.9. The molecule has 385 valence electrons. The molecule has 0 aromatic rings. The molecule has 63 heavy (non-hydrogen) atoms. The summed E-state index contributed by atoms with van der Waals surface area (Å²) in [6, 6.07) is 0.0330. The first kappa shape index (κ1) is 83.2. The zero-order valence-electron chi connectivity index (χ0n) is 47.8. The van der Waals surface area contributed by atoms with Crippen molar-refractivity contribution in [3.63, 3.8) is 0 Å². The molecule has 2 saturated carbocycles. The van der Waals surface area contributed by atoms with Gasteiger partial charge < -0.3 is 24.3 Å². The summed E-state index contributed by atoms with van der Waals surface area (Å²) >= 11 is 0. The van der Waals surface area contributed by atoms with Crippen LogP contribution in [0.25, 0.3) is 0 Å². The van der Waals surface area contributed by atoms with E-state index in [0.29, 0.717) is 29.0 Å². The first-order valence-corrected chi connectivity index (χ1v) is 25.1. The standard InChI is InChI=1S/C12H24O2.C10H18F2.C8H18.C6H13NO2S.3C5H12.2CH3.B.W/c1-11(2,3)13-9-7-8-10(9)14-12(4,5)6;1-8(2)6-5-7-10(11,12)9(3)4;1-7(2,3)8(4,5)6;1-5(2)7-10(8,9)6-3-4-6;3*1-4-5(2)3;;;;/h9-10H,7-8H2,1-6H3;5,7-9H,6H2,1-4H3;1-6H3;5-7H,3-4H2,1-2H3;3*5H,4H2,1-3H3;2*1H3;;/q;;;;;;;2*-1;;+2/b;7-5+;;;;;;;;;/t9-,10-;;;;;;;;;;/m1........../s1. The quantitative estimate of drug-likeness (QED) is 0.120. The van der Waals surface area contributed by atoms with Crippen molar-refractivity contribution >= 4 is 18.4 Å². The monoisotopic (exact) mass is 1090 g/mol. The molecule has 5 nitrogen and oxygen atoms in total. The Hall–Kier alpha value is 0.183. The minimum absolute atomic E-state index is 0. The molecule has 2 rings (SSSR count). The number of rotatable bonds is 12. The molecule has 2 atom stereocenters. The van der Waals surface area contributed by atoms with Crippen LogP contribution in [0.5, 0.6) is 0 Å². The average molecular weight is 1100 g/mol. The summed E-state index contributed by atoms with van der Waals surface area (Å²) in [6.07, 6.45) is 11.8. The van der Waals surface area contributed by atoms with Gasteiger partial charge in [0.15, 0.2) is 0 Å². The molecule has 3 radical (unpaired) electrons. The van der Waals surface area contributed by atoms with Gasteiger partial charge in [-0.15, -0.1) is 0 Å². The van der Waals surface area contributed by atoms with Gasteiger partial charge >= 0.3 is 21.1 Å². The second-order valence-corrected chi connectivity index (χ2v) is 24.9. The molecule has 0 aliphatic heterocycles. The number of allylic oxidation sites excluding steroid dienone is 2. The molecule has 0 bridgehead atoms. The zero-order chi connectivity index (χ0) is 48.4. The third-order valence-corrected chi connectivity index (χ3v) is 12.1. The first-order valence-electron chi connectivity index (χ1n) is 23.5. The molecule has 0 spiro atoms. The number of hydrogen-bond acceptors (Lipinski definition) is 4. The van der Waals surface area contributed by atoms with Gasteiger partial charge in [-0.05, 0) is 128 Å². The molecule has 2 aliphatic carbocycles. The molecule has 2 aliphatic rings. The van der Waals surface area contributed by atoms with E-state index in [4.69, 9.17) is 9.47 Å². The van der Waals surface area contributed by atoms with Gasteiger partial charge in [-0.3, -0.25) is 0 Å². The van der Waals surface area contributed by atoms with Gasteiger partial charge in [0.2, 0.25) is 10.0 Å². The predicted octanol–water partition coefficient (Wildman–Crippen LogP) is 17.3. The van der Waals surface area contributed by atoms with Crippen molar-refractivity contribution in [2.45, 2.75) is 279 Å². The van der Waals surface area contributed by atoms with E-state index in [2.05, 4.69) is 150 Å². The van der Waals surface area contributed by atoms with Crippen LogP contribution in [0.1, 0.15) is 238 Å². The summed E-state index contributed by atoms with van der Waals surface area (Å²) in [5.74, 6) is -0.153. The van der Waals surface area contributed by atoms with E-state index in [0.717, 1.165) is 55.9 Å². The second-order valence-electron chi connectivity index (χ2n) is 22.9. The van der Waals surface area contributed by atoms with Crippen molar-refractivity contribution in [2.75, 3.05) is 0 Å². The minimum Gasteiger partial charge on any atom is -0.370 e. The van der Waals surface area contributed by atoms with E-state index in [1.54, 1.807) is 6.08 Å². The van der Waals surface area contributed by atoms with Crippen molar-refractivity contribution < 1.29 is 47.7 Å². The molecule has 2 fully saturated rings. The number of alkyl halides is 2. The molecule has 0 heterocycles. The van der Waals surface area contributed by atoms with Crippen LogP contribution in [0.2, 0.25) is 0 Å². The van der Waals surface area contributed by atoms with Crippen LogP contribution in [0.3, 0.4) is 0 Å². The number of sulfonamides is 1. The SMILES string of the molecule is CC(C)(C)C(C)(C)C.CC(C)(C)O[C@@H]1CC[C@H]1OC(C)(C)C.CC(C)C/C=C/C(F)(F)C(C)C.CC(C)NS(=O)(=O)C1CC1.CCC(C)C.CCC(C)C.CCC(C)C.[B].[CH3-].[CH3-].[W+2]. The Kier molecular flexibility index (Phi) is 53.0. The molecular weight excluding hydrogens is 979 g/mol. The Morgan fingerprint density at radius 3 is 0.984 bits per heavy atom.